The minimum atomic E-state index is -0.868. The summed E-state index contributed by atoms with van der Waals surface area (Å²) in [5.41, 5.74) is 5.09. The maximum Gasteiger partial charge on any atom is 0.335 e. The van der Waals surface area contributed by atoms with Crippen molar-refractivity contribution in [3.63, 3.8) is 0 Å². The molecule has 1 N–H and O–H groups in total. The lowest BCUT2D eigenvalue weighted by molar-refractivity contribution is 0.0697. The number of hydrogen-bond donors (Lipinski definition) is 1. The van der Waals surface area contributed by atoms with Gasteiger partial charge in [-0.2, -0.15) is 0 Å². The van der Waals surface area contributed by atoms with Gasteiger partial charge in [-0.15, -0.1) is 11.3 Å². The Hall–Kier alpha value is -2.11. The first kappa shape index (κ1) is 23.1. The lowest BCUT2D eigenvalue weighted by Crippen LogP contribution is -2.47. The number of hydrogen-bond acceptors (Lipinski definition) is 4. The fourth-order valence-electron chi connectivity index (χ4n) is 4.84. The zero-order valence-corrected chi connectivity index (χ0v) is 20.7. The van der Waals surface area contributed by atoms with Crippen LogP contribution in [-0.4, -0.2) is 48.7 Å². The average molecular weight is 453 g/mol. The SMILES string of the molecule is CC(C)c1ccc(C2=C(CN3CCN(c4ccc(C(=O)O)cc4)CC3)CCC(C)(C)C2)s1. The number of piperazine rings is 1. The predicted octanol–water partition coefficient (Wildman–Crippen LogP) is 6.36. The van der Waals surface area contributed by atoms with Crippen LogP contribution in [0.25, 0.3) is 5.57 Å². The van der Waals surface area contributed by atoms with Crippen molar-refractivity contribution in [1.82, 2.24) is 4.90 Å². The molecule has 1 aliphatic heterocycles. The summed E-state index contributed by atoms with van der Waals surface area (Å²) >= 11 is 1.99. The van der Waals surface area contributed by atoms with Gasteiger partial charge in [0, 0.05) is 48.2 Å². The van der Waals surface area contributed by atoms with Crippen LogP contribution >= 0.6 is 11.3 Å². The Morgan fingerprint density at radius 1 is 1.06 bits per heavy atom. The van der Waals surface area contributed by atoms with Crippen LogP contribution in [0, 0.1) is 5.41 Å². The Morgan fingerprint density at radius 2 is 1.75 bits per heavy atom. The highest BCUT2D eigenvalue weighted by Crippen LogP contribution is 2.45. The minimum Gasteiger partial charge on any atom is -0.478 e. The number of thiophene rings is 1. The van der Waals surface area contributed by atoms with Crippen molar-refractivity contribution in [3.8, 4) is 0 Å². The number of allylic oxidation sites excluding steroid dienone is 1. The Balaban J connectivity index is 1.45. The molecule has 2 aliphatic rings. The van der Waals surface area contributed by atoms with Gasteiger partial charge in [-0.1, -0.05) is 33.3 Å². The number of anilines is 1. The summed E-state index contributed by atoms with van der Waals surface area (Å²) < 4.78 is 0. The monoisotopic (exact) mass is 452 g/mol. The summed E-state index contributed by atoms with van der Waals surface area (Å²) in [7, 11) is 0. The Labute approximate surface area is 196 Å². The second-order valence-electron chi connectivity index (χ2n) is 10.4. The van der Waals surface area contributed by atoms with Crippen molar-refractivity contribution in [1.29, 1.82) is 0 Å². The van der Waals surface area contributed by atoms with Crippen molar-refractivity contribution in [2.45, 2.75) is 52.9 Å². The van der Waals surface area contributed by atoms with Crippen molar-refractivity contribution < 1.29 is 9.90 Å². The summed E-state index contributed by atoms with van der Waals surface area (Å²) in [6, 6.07) is 12.0. The second kappa shape index (κ2) is 9.40. The molecule has 1 saturated heterocycles. The van der Waals surface area contributed by atoms with Gasteiger partial charge in [0.1, 0.15) is 0 Å². The molecule has 0 spiro atoms. The van der Waals surface area contributed by atoms with E-state index in [9.17, 15) is 4.79 Å². The van der Waals surface area contributed by atoms with E-state index in [0.717, 1.165) is 38.4 Å². The third-order valence-corrected chi connectivity index (χ3v) is 8.39. The molecule has 4 nitrogen and oxygen atoms in total. The van der Waals surface area contributed by atoms with Gasteiger partial charge >= 0.3 is 5.97 Å². The molecule has 32 heavy (non-hydrogen) atoms. The van der Waals surface area contributed by atoms with Crippen molar-refractivity contribution in [3.05, 3.63) is 57.3 Å². The Kier molecular flexibility index (Phi) is 6.78. The topological polar surface area (TPSA) is 43.8 Å². The van der Waals surface area contributed by atoms with Gasteiger partial charge in [0.15, 0.2) is 0 Å². The van der Waals surface area contributed by atoms with E-state index in [-0.39, 0.29) is 0 Å². The van der Waals surface area contributed by atoms with Gasteiger partial charge in [-0.3, -0.25) is 4.90 Å². The quantitative estimate of drug-likeness (QED) is 0.554. The summed E-state index contributed by atoms with van der Waals surface area (Å²) in [4.78, 5) is 19.0. The van der Waals surface area contributed by atoms with Crippen LogP contribution in [0.3, 0.4) is 0 Å². The fourth-order valence-corrected chi connectivity index (χ4v) is 5.94. The van der Waals surface area contributed by atoms with E-state index in [0.29, 0.717) is 16.9 Å². The van der Waals surface area contributed by atoms with Crippen LogP contribution in [0.2, 0.25) is 0 Å². The molecule has 0 radical (unpaired) electrons. The summed E-state index contributed by atoms with van der Waals surface area (Å²) in [5.74, 6) is -0.278. The van der Waals surface area contributed by atoms with Crippen molar-refractivity contribution >= 4 is 28.6 Å². The van der Waals surface area contributed by atoms with E-state index in [2.05, 4.69) is 49.6 Å². The van der Waals surface area contributed by atoms with Gasteiger partial charge in [-0.25, -0.2) is 4.79 Å². The zero-order chi connectivity index (χ0) is 22.9. The summed E-state index contributed by atoms with van der Waals surface area (Å²) in [6.07, 6.45) is 3.65. The summed E-state index contributed by atoms with van der Waals surface area (Å²) in [6.45, 7) is 14.5. The largest absolute Gasteiger partial charge is 0.478 e. The molecular weight excluding hydrogens is 416 g/mol. The number of carbonyl (C=O) groups is 1. The van der Waals surface area contributed by atoms with Crippen LogP contribution in [-0.2, 0) is 0 Å². The van der Waals surface area contributed by atoms with E-state index < -0.39 is 5.97 Å². The van der Waals surface area contributed by atoms with Crippen LogP contribution in [0.4, 0.5) is 5.69 Å². The lowest BCUT2D eigenvalue weighted by Gasteiger charge is -2.39. The summed E-state index contributed by atoms with van der Waals surface area (Å²) in [5, 5.41) is 9.12. The minimum absolute atomic E-state index is 0.348. The van der Waals surface area contributed by atoms with E-state index in [1.807, 2.05) is 23.5 Å². The Bertz CT molecular complexity index is 979. The average Bonchev–Trinajstić information content (AvgIpc) is 3.26. The van der Waals surface area contributed by atoms with Crippen LogP contribution < -0.4 is 4.90 Å². The number of aromatic carboxylic acids is 1. The van der Waals surface area contributed by atoms with Crippen LogP contribution in [0.5, 0.6) is 0 Å². The first-order valence-corrected chi connectivity index (χ1v) is 12.7. The third-order valence-electron chi connectivity index (χ3n) is 6.95. The predicted molar refractivity (Wildman–Crippen MR) is 135 cm³/mol. The van der Waals surface area contributed by atoms with Gasteiger partial charge < -0.3 is 10.0 Å². The lowest BCUT2D eigenvalue weighted by atomic mass is 9.74. The molecule has 0 amide bonds. The molecule has 1 aliphatic carbocycles. The molecule has 0 saturated carbocycles. The molecule has 2 aromatic rings. The van der Waals surface area contributed by atoms with E-state index in [1.54, 1.807) is 23.3 Å². The number of nitrogens with zero attached hydrogens (tertiary/aromatic N) is 2. The Morgan fingerprint density at radius 3 is 2.34 bits per heavy atom. The van der Waals surface area contributed by atoms with Crippen molar-refractivity contribution in [2.24, 2.45) is 5.41 Å². The highest BCUT2D eigenvalue weighted by molar-refractivity contribution is 7.13. The van der Waals surface area contributed by atoms with E-state index in [4.69, 9.17) is 5.11 Å². The van der Waals surface area contributed by atoms with Crippen LogP contribution in [0.1, 0.15) is 73.0 Å². The molecular formula is C27H36N2O2S. The first-order valence-electron chi connectivity index (χ1n) is 11.8. The molecule has 0 bridgehead atoms. The maximum absolute atomic E-state index is 11.1. The first-order chi connectivity index (χ1) is 15.2. The number of carboxylic acids is 1. The molecule has 1 aromatic carbocycles. The van der Waals surface area contributed by atoms with Crippen LogP contribution in [0.15, 0.2) is 42.0 Å². The maximum atomic E-state index is 11.1. The number of rotatable bonds is 6. The molecule has 1 fully saturated rings. The molecule has 0 unspecified atom stereocenters. The fraction of sp³-hybridized carbons (Fsp3) is 0.519. The molecule has 0 atom stereocenters. The number of carboxylic acid groups (broad SMARTS) is 1. The normalized spacial score (nSPS) is 19.6. The van der Waals surface area contributed by atoms with E-state index in [1.165, 1.54) is 29.0 Å². The molecule has 5 heteroatoms. The van der Waals surface area contributed by atoms with Gasteiger partial charge in [0.2, 0.25) is 0 Å². The van der Waals surface area contributed by atoms with Gasteiger partial charge in [-0.05, 0) is 72.6 Å². The van der Waals surface area contributed by atoms with E-state index >= 15 is 0 Å². The van der Waals surface area contributed by atoms with Gasteiger partial charge in [0.05, 0.1) is 5.56 Å². The van der Waals surface area contributed by atoms with Gasteiger partial charge in [0.25, 0.3) is 0 Å². The molecule has 1 aromatic heterocycles. The standard InChI is InChI=1S/C27H36N2O2S/c1-19(2)24-9-10-25(32-24)23-17-27(3,4)12-11-21(23)18-28-13-15-29(16-14-28)22-7-5-20(6-8-22)26(30)31/h5-10,19H,11-18H2,1-4H3,(H,30,31). The highest BCUT2D eigenvalue weighted by Gasteiger charge is 2.30. The van der Waals surface area contributed by atoms with Crippen molar-refractivity contribution in [2.75, 3.05) is 37.6 Å². The number of benzene rings is 1. The smallest absolute Gasteiger partial charge is 0.335 e. The zero-order valence-electron chi connectivity index (χ0n) is 19.9. The molecule has 4 rings (SSSR count). The third kappa shape index (κ3) is 5.26. The second-order valence-corrected chi connectivity index (χ2v) is 11.5. The molecule has 172 valence electrons. The highest BCUT2D eigenvalue weighted by atomic mass is 32.1. The molecule has 2 heterocycles.